The summed E-state index contributed by atoms with van der Waals surface area (Å²) in [5, 5.41) is 16.1. The number of benzene rings is 2. The summed E-state index contributed by atoms with van der Waals surface area (Å²) in [6.45, 7) is 3.60. The molecule has 0 unspecified atom stereocenters. The molecule has 2 aromatic carbocycles. The highest BCUT2D eigenvalue weighted by Crippen LogP contribution is 2.12. The number of carbonyl (C=O) groups excluding carboxylic acids is 3. The number of amides is 2. The van der Waals surface area contributed by atoms with Crippen LogP contribution >= 0.6 is 0 Å². The fraction of sp³-hybridized carbons (Fsp3) is 0.227. The van der Waals surface area contributed by atoms with Gasteiger partial charge in [0.05, 0.1) is 12.0 Å². The van der Waals surface area contributed by atoms with Crippen LogP contribution in [0.5, 0.6) is 0 Å². The van der Waals surface area contributed by atoms with Crippen molar-refractivity contribution >= 4 is 23.9 Å². The van der Waals surface area contributed by atoms with Gasteiger partial charge in [0, 0.05) is 11.1 Å². The fourth-order valence-corrected chi connectivity index (χ4v) is 2.61. The first kappa shape index (κ1) is 21.8. The highest BCUT2D eigenvalue weighted by atomic mass is 19.1. The lowest BCUT2D eigenvalue weighted by Gasteiger charge is -2.22. The smallest absolute Gasteiger partial charge is 0.268 e. The van der Waals surface area contributed by atoms with Crippen molar-refractivity contribution in [2.24, 2.45) is 5.92 Å². The molecule has 0 aliphatic rings. The maximum absolute atomic E-state index is 14.0. The molecule has 0 saturated heterocycles. The highest BCUT2D eigenvalue weighted by molar-refractivity contribution is 6.06. The van der Waals surface area contributed by atoms with Gasteiger partial charge in [-0.15, -0.1) is 0 Å². The number of hydrogen-bond donors (Lipinski definition) is 2. The summed E-state index contributed by atoms with van der Waals surface area (Å²) < 4.78 is 14.0. The van der Waals surface area contributed by atoms with Crippen molar-refractivity contribution in [2.75, 3.05) is 0 Å². The van der Waals surface area contributed by atoms with E-state index in [1.807, 2.05) is 0 Å². The maximum atomic E-state index is 14.0. The summed E-state index contributed by atoms with van der Waals surface area (Å²) in [6.07, 6.45) is 1.31. The summed E-state index contributed by atoms with van der Waals surface area (Å²) >= 11 is 0. The zero-order valence-corrected chi connectivity index (χ0v) is 16.1. The largest absolute Gasteiger partial charge is 0.548 e. The van der Waals surface area contributed by atoms with Crippen LogP contribution in [-0.2, 0) is 9.59 Å². The fourth-order valence-electron chi connectivity index (χ4n) is 2.61. The minimum absolute atomic E-state index is 0.0175. The van der Waals surface area contributed by atoms with Crippen LogP contribution in [0.2, 0.25) is 0 Å². The van der Waals surface area contributed by atoms with Crippen molar-refractivity contribution in [3.05, 3.63) is 77.2 Å². The lowest BCUT2D eigenvalue weighted by atomic mass is 10.0. The van der Waals surface area contributed by atoms with Crippen LogP contribution in [0.1, 0.15) is 36.2 Å². The second-order valence-corrected chi connectivity index (χ2v) is 6.87. The quantitative estimate of drug-likeness (QED) is 0.665. The first-order chi connectivity index (χ1) is 13.8. The molecule has 152 valence electrons. The Hall–Kier alpha value is -3.48. The number of hydrogen-bond acceptors (Lipinski definition) is 4. The van der Waals surface area contributed by atoms with Crippen molar-refractivity contribution in [1.29, 1.82) is 0 Å². The molecule has 0 fully saturated rings. The SMILES string of the molecule is CC(C)C[C@H](NC(=O)/C(=C/c1ccccc1F)NC(=O)c1ccccc1)C(=O)[O-]. The summed E-state index contributed by atoms with van der Waals surface area (Å²) in [4.78, 5) is 36.5. The van der Waals surface area contributed by atoms with Crippen LogP contribution in [0.3, 0.4) is 0 Å². The molecule has 0 bridgehead atoms. The maximum Gasteiger partial charge on any atom is 0.268 e. The topological polar surface area (TPSA) is 98.3 Å². The van der Waals surface area contributed by atoms with Crippen molar-refractivity contribution in [1.82, 2.24) is 10.6 Å². The average Bonchev–Trinajstić information content (AvgIpc) is 2.68. The minimum Gasteiger partial charge on any atom is -0.548 e. The number of carbonyl (C=O) groups is 3. The predicted octanol–water partition coefficient (Wildman–Crippen LogP) is 1.88. The van der Waals surface area contributed by atoms with Gasteiger partial charge in [0.1, 0.15) is 11.5 Å². The molecule has 7 heteroatoms. The summed E-state index contributed by atoms with van der Waals surface area (Å²) in [5.41, 5.74) is 0.0807. The first-order valence-electron chi connectivity index (χ1n) is 9.12. The third-order valence-electron chi connectivity index (χ3n) is 4.03. The van der Waals surface area contributed by atoms with Crippen LogP contribution in [-0.4, -0.2) is 23.8 Å². The van der Waals surface area contributed by atoms with Gasteiger partial charge >= 0.3 is 0 Å². The van der Waals surface area contributed by atoms with Crippen LogP contribution < -0.4 is 15.7 Å². The van der Waals surface area contributed by atoms with Crippen molar-refractivity contribution in [3.8, 4) is 0 Å². The standard InChI is InChI=1S/C22H23FN2O4/c1-14(2)12-19(22(28)29)25-21(27)18(13-16-10-6-7-11-17(16)23)24-20(26)15-8-4-3-5-9-15/h3-11,13-14,19H,12H2,1-2H3,(H,24,26)(H,25,27)(H,28,29)/p-1/b18-13-/t19-/m0/s1. The van der Waals surface area contributed by atoms with E-state index in [9.17, 15) is 23.9 Å². The molecule has 0 saturated carbocycles. The van der Waals surface area contributed by atoms with Gasteiger partial charge in [-0.25, -0.2) is 4.39 Å². The number of rotatable bonds is 8. The van der Waals surface area contributed by atoms with E-state index < -0.39 is 29.6 Å². The molecule has 0 aliphatic carbocycles. The van der Waals surface area contributed by atoms with Gasteiger partial charge in [-0.05, 0) is 36.6 Å². The van der Waals surface area contributed by atoms with Gasteiger partial charge < -0.3 is 20.5 Å². The summed E-state index contributed by atoms with van der Waals surface area (Å²) in [6, 6.07) is 12.6. The molecule has 1 atom stereocenters. The van der Waals surface area contributed by atoms with E-state index >= 15 is 0 Å². The lowest BCUT2D eigenvalue weighted by molar-refractivity contribution is -0.308. The number of aliphatic carboxylic acids is 1. The van der Waals surface area contributed by atoms with E-state index in [4.69, 9.17) is 0 Å². The second kappa shape index (κ2) is 10.2. The van der Waals surface area contributed by atoms with Gasteiger partial charge in [0.15, 0.2) is 0 Å². The number of halogens is 1. The molecule has 2 N–H and O–H groups in total. The molecule has 6 nitrogen and oxygen atoms in total. The Morgan fingerprint density at radius 3 is 2.24 bits per heavy atom. The zero-order valence-electron chi connectivity index (χ0n) is 16.1. The third-order valence-corrected chi connectivity index (χ3v) is 4.03. The molecule has 0 heterocycles. The Morgan fingerprint density at radius 1 is 1.03 bits per heavy atom. The van der Waals surface area contributed by atoms with Crippen LogP contribution in [0.15, 0.2) is 60.3 Å². The molecular weight excluding hydrogens is 375 g/mol. The van der Waals surface area contributed by atoms with Gasteiger partial charge in [-0.1, -0.05) is 50.2 Å². The number of nitrogens with one attached hydrogen (secondary N) is 2. The lowest BCUT2D eigenvalue weighted by Crippen LogP contribution is -2.50. The van der Waals surface area contributed by atoms with Crippen LogP contribution in [0, 0.1) is 11.7 Å². The Labute approximate surface area is 168 Å². The molecule has 2 rings (SSSR count). The predicted molar refractivity (Wildman–Crippen MR) is 105 cm³/mol. The molecule has 2 aromatic rings. The van der Waals surface area contributed by atoms with E-state index in [2.05, 4.69) is 10.6 Å². The molecule has 0 radical (unpaired) electrons. The Bertz CT molecular complexity index is 910. The normalized spacial score (nSPS) is 12.3. The molecule has 0 aromatic heterocycles. The molecule has 0 aliphatic heterocycles. The van der Waals surface area contributed by atoms with E-state index in [0.29, 0.717) is 5.56 Å². The van der Waals surface area contributed by atoms with E-state index in [0.717, 1.165) is 6.08 Å². The van der Waals surface area contributed by atoms with Gasteiger partial charge in [0.2, 0.25) is 0 Å². The molecule has 2 amide bonds. The summed E-state index contributed by atoms with van der Waals surface area (Å²) in [5.74, 6) is -3.49. The highest BCUT2D eigenvalue weighted by Gasteiger charge is 2.20. The number of carboxylic acid groups (broad SMARTS) is 1. The average molecular weight is 397 g/mol. The van der Waals surface area contributed by atoms with Crippen LogP contribution in [0.25, 0.3) is 6.08 Å². The number of carboxylic acids is 1. The van der Waals surface area contributed by atoms with Crippen molar-refractivity contribution in [3.63, 3.8) is 0 Å². The first-order valence-corrected chi connectivity index (χ1v) is 9.12. The van der Waals surface area contributed by atoms with Gasteiger partial charge in [0.25, 0.3) is 11.8 Å². The summed E-state index contributed by atoms with van der Waals surface area (Å²) in [7, 11) is 0. The van der Waals surface area contributed by atoms with E-state index in [1.54, 1.807) is 50.2 Å². The van der Waals surface area contributed by atoms with Crippen molar-refractivity contribution in [2.45, 2.75) is 26.3 Å². The van der Waals surface area contributed by atoms with Gasteiger partial charge in [-0.3, -0.25) is 9.59 Å². The van der Waals surface area contributed by atoms with Crippen LogP contribution in [0.4, 0.5) is 4.39 Å². The molecular formula is C22H22FN2O4-. The Morgan fingerprint density at radius 2 is 1.66 bits per heavy atom. The Kier molecular flexibility index (Phi) is 7.65. The Balaban J connectivity index is 2.33. The molecule has 29 heavy (non-hydrogen) atoms. The monoisotopic (exact) mass is 397 g/mol. The van der Waals surface area contributed by atoms with E-state index in [1.165, 1.54) is 18.2 Å². The zero-order chi connectivity index (χ0) is 21.4. The van der Waals surface area contributed by atoms with Crippen molar-refractivity contribution < 1.29 is 23.9 Å². The minimum atomic E-state index is -1.44. The van der Waals surface area contributed by atoms with E-state index in [-0.39, 0.29) is 23.6 Å². The molecule has 0 spiro atoms. The third kappa shape index (κ3) is 6.57. The van der Waals surface area contributed by atoms with Gasteiger partial charge in [-0.2, -0.15) is 0 Å². The second-order valence-electron chi connectivity index (χ2n) is 6.87.